The van der Waals surface area contributed by atoms with Gasteiger partial charge in [-0.3, -0.25) is 5.10 Å². The summed E-state index contributed by atoms with van der Waals surface area (Å²) < 4.78 is 14.3. The average Bonchev–Trinajstić information content (AvgIpc) is 2.76. The molecule has 1 aromatic heterocycles. The molecule has 0 bridgehead atoms. The van der Waals surface area contributed by atoms with Crippen LogP contribution in [0.25, 0.3) is 10.9 Å². The van der Waals surface area contributed by atoms with E-state index >= 15 is 0 Å². The molecule has 0 aliphatic carbocycles. The van der Waals surface area contributed by atoms with Gasteiger partial charge >= 0.3 is 6.03 Å². The Morgan fingerprint density at radius 1 is 1.56 bits per heavy atom. The summed E-state index contributed by atoms with van der Waals surface area (Å²) >= 11 is 0. The van der Waals surface area contributed by atoms with Crippen LogP contribution in [0.3, 0.4) is 0 Å². The number of nitrogens with one attached hydrogen (secondary N) is 2. The summed E-state index contributed by atoms with van der Waals surface area (Å²) in [6, 6.07) is 3.24. The fourth-order valence-corrected chi connectivity index (χ4v) is 2.02. The number of carbonyl (C=O) groups is 1. The smallest absolute Gasteiger partial charge is 0.322 e. The van der Waals surface area contributed by atoms with E-state index in [0.717, 1.165) is 22.9 Å². The fraction of sp³-hybridized carbons (Fsp3) is 0.273. The second-order valence-electron chi connectivity index (χ2n) is 3.73. The van der Waals surface area contributed by atoms with Crippen molar-refractivity contribution < 1.29 is 9.00 Å². The molecule has 2 amide bonds. The molecule has 0 fully saturated rings. The second-order valence-corrected chi connectivity index (χ2v) is 4.76. The lowest BCUT2D eigenvalue weighted by Gasteiger charge is -2.10. The van der Waals surface area contributed by atoms with Crippen molar-refractivity contribution in [1.82, 2.24) is 10.2 Å². The van der Waals surface area contributed by atoms with Crippen LogP contribution in [0.4, 0.5) is 10.5 Å². The van der Waals surface area contributed by atoms with Crippen LogP contribution in [0, 0.1) is 0 Å². The van der Waals surface area contributed by atoms with Gasteiger partial charge in [0.15, 0.2) is 0 Å². The van der Waals surface area contributed by atoms with E-state index in [2.05, 4.69) is 19.9 Å². The van der Waals surface area contributed by atoms with Gasteiger partial charge in [0.1, 0.15) is 0 Å². The molecule has 0 aliphatic heterocycles. The van der Waals surface area contributed by atoms with Crippen molar-refractivity contribution in [3.8, 4) is 0 Å². The number of H-pyrrole nitrogens is 1. The molecule has 2 aromatic rings. The van der Waals surface area contributed by atoms with Crippen molar-refractivity contribution in [3.63, 3.8) is 0 Å². The Balaban J connectivity index is 2.47. The number of urea groups is 1. The van der Waals surface area contributed by atoms with E-state index in [-0.39, 0.29) is 0 Å². The van der Waals surface area contributed by atoms with Crippen LogP contribution >= 0.6 is 0 Å². The van der Waals surface area contributed by atoms with E-state index < -0.39 is 16.6 Å². The highest BCUT2D eigenvalue weighted by atomic mass is 32.2. The zero-order valence-electron chi connectivity index (χ0n) is 10.1. The van der Waals surface area contributed by atoms with Crippen molar-refractivity contribution in [2.24, 2.45) is 4.36 Å². The number of amides is 2. The quantitative estimate of drug-likeness (QED) is 0.817. The Morgan fingerprint density at radius 3 is 3.00 bits per heavy atom. The van der Waals surface area contributed by atoms with E-state index in [1.807, 2.05) is 19.1 Å². The number of aryl methyl sites for hydroxylation is 1. The lowest BCUT2D eigenvalue weighted by molar-refractivity contribution is 0.260. The van der Waals surface area contributed by atoms with Gasteiger partial charge in [0.05, 0.1) is 17.4 Å². The first-order valence-corrected chi connectivity index (χ1v) is 6.94. The van der Waals surface area contributed by atoms with Gasteiger partial charge in [-0.25, -0.2) is 4.79 Å². The maximum atomic E-state index is 11.6. The maximum absolute atomic E-state index is 11.6. The molecule has 0 saturated heterocycles. The minimum absolute atomic E-state index is 0.618. The van der Waals surface area contributed by atoms with E-state index in [1.54, 1.807) is 6.20 Å². The fourth-order valence-electron chi connectivity index (χ4n) is 1.74. The van der Waals surface area contributed by atoms with E-state index in [9.17, 15) is 9.00 Å². The Labute approximate surface area is 106 Å². The summed E-state index contributed by atoms with van der Waals surface area (Å²) in [5.41, 5.74) is 2.36. The summed E-state index contributed by atoms with van der Waals surface area (Å²) in [6.07, 6.45) is 3.79. The molecule has 1 heterocycles. The van der Waals surface area contributed by atoms with Crippen LogP contribution < -0.4 is 5.32 Å². The van der Waals surface area contributed by atoms with Crippen LogP contribution in [-0.4, -0.2) is 22.5 Å². The van der Waals surface area contributed by atoms with Gasteiger partial charge in [-0.05, 0) is 12.0 Å². The summed E-state index contributed by atoms with van der Waals surface area (Å²) in [6.45, 7) is 1.99. The molecule has 2 rings (SSSR count). The van der Waals surface area contributed by atoms with E-state index in [4.69, 9.17) is 0 Å². The lowest BCUT2D eigenvalue weighted by Crippen LogP contribution is -2.09. The normalized spacial score (nSPS) is 12.8. The zero-order valence-corrected chi connectivity index (χ0v) is 10.9. The number of rotatable bonds is 2. The van der Waals surface area contributed by atoms with Crippen molar-refractivity contribution in [2.45, 2.75) is 13.3 Å². The molecular weight excluding hydrogens is 252 g/mol. The van der Waals surface area contributed by atoms with Crippen LogP contribution in [-0.2, 0) is 21.2 Å². The van der Waals surface area contributed by atoms with Crippen LogP contribution in [0.2, 0.25) is 0 Å². The SMILES string of the molecule is CCc1ccc2cn[nH]c2c1NC(=O)N=[S-](C)=O. The highest BCUT2D eigenvalue weighted by Gasteiger charge is 2.09. The summed E-state index contributed by atoms with van der Waals surface area (Å²) in [7, 11) is -1.51. The van der Waals surface area contributed by atoms with Crippen molar-refractivity contribution in [2.75, 3.05) is 11.6 Å². The number of hydrogen-bond donors (Lipinski definition) is 2. The lowest BCUT2D eigenvalue weighted by atomic mass is 10.1. The molecule has 2 N–H and O–H groups in total. The van der Waals surface area contributed by atoms with Crippen LogP contribution in [0.15, 0.2) is 22.7 Å². The number of carbonyl (C=O) groups excluding carboxylic acids is 1. The Hall–Kier alpha value is -1.89. The molecule has 18 heavy (non-hydrogen) atoms. The van der Waals surface area contributed by atoms with Gasteiger partial charge in [0.2, 0.25) is 0 Å². The second kappa shape index (κ2) is 5.18. The zero-order chi connectivity index (χ0) is 13.1. The number of nitrogens with zero attached hydrogens (tertiary/aromatic N) is 2. The number of anilines is 1. The molecule has 7 heteroatoms. The monoisotopic (exact) mass is 265 g/mol. The van der Waals surface area contributed by atoms with Crippen molar-refractivity contribution in [1.29, 1.82) is 0 Å². The number of hydrogen-bond acceptors (Lipinski definition) is 4. The Kier molecular flexibility index (Phi) is 3.61. The third-order valence-corrected chi connectivity index (χ3v) is 2.95. The minimum atomic E-state index is -1.51. The maximum Gasteiger partial charge on any atom is 0.322 e. The van der Waals surface area contributed by atoms with E-state index in [0.29, 0.717) is 5.69 Å². The molecule has 0 spiro atoms. The standard InChI is InChI=1S/C11H13N4O2S/c1-3-7-4-5-8-6-12-14-10(8)9(7)13-11(16)15-18(2)17/h4-6H,3H2,1-2H3,(H,12,14)(H,13,16)/q-1. The predicted octanol–water partition coefficient (Wildman–Crippen LogP) is 2.43. The number of aromatic nitrogens is 2. The third-order valence-electron chi connectivity index (χ3n) is 2.53. The topological polar surface area (TPSA) is 87.2 Å². The highest BCUT2D eigenvalue weighted by molar-refractivity contribution is 7.74. The van der Waals surface area contributed by atoms with Gasteiger partial charge in [-0.2, -0.15) is 15.7 Å². The van der Waals surface area contributed by atoms with Crippen molar-refractivity contribution >= 4 is 33.2 Å². The largest absolute Gasteiger partial charge is 0.444 e. The molecule has 0 saturated carbocycles. The van der Waals surface area contributed by atoms with Gasteiger partial charge < -0.3 is 13.9 Å². The highest BCUT2D eigenvalue weighted by Crippen LogP contribution is 2.26. The molecular formula is C11H13N4O2S-. The first kappa shape index (κ1) is 12.6. The van der Waals surface area contributed by atoms with Gasteiger partial charge in [-0.15, -0.1) is 6.26 Å². The third kappa shape index (κ3) is 2.51. The van der Waals surface area contributed by atoms with Crippen LogP contribution in [0.1, 0.15) is 12.5 Å². The van der Waals surface area contributed by atoms with E-state index in [1.165, 1.54) is 6.26 Å². The number of benzene rings is 1. The molecule has 6 nitrogen and oxygen atoms in total. The molecule has 0 atom stereocenters. The summed E-state index contributed by atoms with van der Waals surface area (Å²) in [4.78, 5) is 11.6. The average molecular weight is 265 g/mol. The minimum Gasteiger partial charge on any atom is -0.444 e. The van der Waals surface area contributed by atoms with Crippen molar-refractivity contribution in [3.05, 3.63) is 23.9 Å². The Bertz CT molecular complexity index is 671. The first-order valence-electron chi connectivity index (χ1n) is 5.43. The summed E-state index contributed by atoms with van der Waals surface area (Å²) in [5.74, 6) is 0. The molecule has 0 unspecified atom stereocenters. The molecule has 96 valence electrons. The van der Waals surface area contributed by atoms with Crippen LogP contribution in [0.5, 0.6) is 0 Å². The number of fused-ring (bicyclic) bond motifs is 1. The van der Waals surface area contributed by atoms with Gasteiger partial charge in [0, 0.05) is 5.39 Å². The van der Waals surface area contributed by atoms with Gasteiger partial charge in [-0.1, -0.05) is 19.1 Å². The molecule has 0 aliphatic rings. The number of aromatic amines is 1. The Morgan fingerprint density at radius 2 is 2.33 bits per heavy atom. The molecule has 1 aromatic carbocycles. The first-order chi connectivity index (χ1) is 8.61. The molecule has 0 radical (unpaired) electrons. The predicted molar refractivity (Wildman–Crippen MR) is 70.9 cm³/mol. The summed E-state index contributed by atoms with van der Waals surface area (Å²) in [5, 5.41) is 10.3. The van der Waals surface area contributed by atoms with Gasteiger partial charge in [0.25, 0.3) is 0 Å².